The Bertz CT molecular complexity index is 1550. The largest absolute Gasteiger partial charge is 0.482 e. The van der Waals surface area contributed by atoms with Gasteiger partial charge in [-0.05, 0) is 77.4 Å². The molecule has 0 saturated heterocycles. The highest BCUT2D eigenvalue weighted by molar-refractivity contribution is 7.99. The summed E-state index contributed by atoms with van der Waals surface area (Å²) in [5.74, 6) is 1.17. The third kappa shape index (κ3) is 6.80. The minimum absolute atomic E-state index is 0.0779. The number of rotatable bonds is 10. The molecule has 0 bridgehead atoms. The van der Waals surface area contributed by atoms with Crippen LogP contribution in [-0.2, 0) is 9.53 Å². The predicted octanol–water partition coefficient (Wildman–Crippen LogP) is 9.04. The van der Waals surface area contributed by atoms with E-state index in [2.05, 4.69) is 91.0 Å². The summed E-state index contributed by atoms with van der Waals surface area (Å²) in [4.78, 5) is 14.0. The zero-order chi connectivity index (χ0) is 27.0. The van der Waals surface area contributed by atoms with Gasteiger partial charge in [0.2, 0.25) is 0 Å². The number of fused-ring (bicyclic) bond motifs is 1. The van der Waals surface area contributed by atoms with Crippen LogP contribution in [0.3, 0.4) is 0 Å². The third-order valence-electron chi connectivity index (χ3n) is 6.33. The molecule has 0 saturated carbocycles. The zero-order valence-electron chi connectivity index (χ0n) is 22.1. The van der Waals surface area contributed by atoms with Crippen LogP contribution in [0.4, 0.5) is 0 Å². The van der Waals surface area contributed by atoms with Crippen molar-refractivity contribution in [3.8, 4) is 16.9 Å². The Hall–Kier alpha value is -3.80. The lowest BCUT2D eigenvalue weighted by atomic mass is 9.99. The van der Waals surface area contributed by atoms with Crippen molar-refractivity contribution in [1.29, 1.82) is 0 Å². The van der Waals surface area contributed by atoms with Gasteiger partial charge in [0, 0.05) is 20.2 Å². The number of benzene rings is 4. The lowest BCUT2D eigenvalue weighted by Crippen LogP contribution is -2.14. The van der Waals surface area contributed by atoms with E-state index in [0.29, 0.717) is 12.4 Å². The smallest absolute Gasteiger partial charge is 0.344 e. The van der Waals surface area contributed by atoms with Crippen LogP contribution in [0.25, 0.3) is 26.8 Å². The standard InChI is InChI=1S/C34H30O3S2/c1-3-36-34(35)23-37-31-18-17-29(21-24(31)2)38-20-19-30(33-22-28-11-7-8-12-32(28)39-33)27-15-13-26(14-16-27)25-9-5-4-6-10-25/h4-19,21-22H,3,20,23H2,1-2H3/b30-19-. The van der Waals surface area contributed by atoms with Crippen LogP contribution in [0.2, 0.25) is 0 Å². The van der Waals surface area contributed by atoms with E-state index in [1.807, 2.05) is 36.5 Å². The Labute approximate surface area is 238 Å². The lowest BCUT2D eigenvalue weighted by Gasteiger charge is -2.11. The fourth-order valence-electron chi connectivity index (χ4n) is 4.38. The van der Waals surface area contributed by atoms with Crippen molar-refractivity contribution < 1.29 is 14.3 Å². The fourth-order valence-corrected chi connectivity index (χ4v) is 6.37. The minimum Gasteiger partial charge on any atom is -0.482 e. The monoisotopic (exact) mass is 550 g/mol. The molecule has 0 atom stereocenters. The number of esters is 1. The normalized spacial score (nSPS) is 11.5. The van der Waals surface area contributed by atoms with Crippen molar-refractivity contribution >= 4 is 44.7 Å². The third-order valence-corrected chi connectivity index (χ3v) is 8.40. The molecule has 1 heterocycles. The summed E-state index contributed by atoms with van der Waals surface area (Å²) in [5, 5.41) is 1.27. The molecular weight excluding hydrogens is 521 g/mol. The van der Waals surface area contributed by atoms with Gasteiger partial charge in [0.05, 0.1) is 6.61 Å². The van der Waals surface area contributed by atoms with Crippen molar-refractivity contribution in [2.75, 3.05) is 19.0 Å². The van der Waals surface area contributed by atoms with Gasteiger partial charge < -0.3 is 9.47 Å². The van der Waals surface area contributed by atoms with Gasteiger partial charge in [0.15, 0.2) is 6.61 Å². The van der Waals surface area contributed by atoms with Crippen molar-refractivity contribution in [3.63, 3.8) is 0 Å². The van der Waals surface area contributed by atoms with Gasteiger partial charge >= 0.3 is 5.97 Å². The van der Waals surface area contributed by atoms with E-state index >= 15 is 0 Å². The average molecular weight is 551 g/mol. The van der Waals surface area contributed by atoms with Crippen LogP contribution in [0.15, 0.2) is 114 Å². The first-order valence-electron chi connectivity index (χ1n) is 13.0. The summed E-state index contributed by atoms with van der Waals surface area (Å²) in [6, 6.07) is 36.2. The van der Waals surface area contributed by atoms with Crippen LogP contribution in [-0.4, -0.2) is 24.9 Å². The molecule has 1 aromatic heterocycles. The molecular formula is C34H30O3S2. The summed E-state index contributed by atoms with van der Waals surface area (Å²) in [7, 11) is 0. The zero-order valence-corrected chi connectivity index (χ0v) is 23.7. The first kappa shape index (κ1) is 26.8. The highest BCUT2D eigenvalue weighted by Crippen LogP contribution is 2.36. The van der Waals surface area contributed by atoms with Crippen molar-refractivity contribution in [2.24, 2.45) is 0 Å². The highest BCUT2D eigenvalue weighted by Gasteiger charge is 2.11. The van der Waals surface area contributed by atoms with Gasteiger partial charge in [-0.25, -0.2) is 4.79 Å². The number of ether oxygens (including phenoxy) is 2. The summed E-state index contributed by atoms with van der Waals surface area (Å²) >= 11 is 3.61. The van der Waals surface area contributed by atoms with Gasteiger partial charge in [0.1, 0.15) is 5.75 Å². The molecule has 5 rings (SSSR count). The Morgan fingerprint density at radius 2 is 1.62 bits per heavy atom. The van der Waals surface area contributed by atoms with E-state index < -0.39 is 0 Å². The van der Waals surface area contributed by atoms with E-state index in [-0.39, 0.29) is 12.6 Å². The van der Waals surface area contributed by atoms with Crippen LogP contribution in [0.5, 0.6) is 5.75 Å². The number of thiophene rings is 1. The van der Waals surface area contributed by atoms with Gasteiger partial charge in [-0.1, -0.05) is 78.9 Å². The van der Waals surface area contributed by atoms with Crippen molar-refractivity contribution in [3.05, 3.63) is 125 Å². The van der Waals surface area contributed by atoms with Gasteiger partial charge in [-0.3, -0.25) is 0 Å². The summed E-state index contributed by atoms with van der Waals surface area (Å²) in [6.07, 6.45) is 2.33. The second-order valence-corrected chi connectivity index (χ2v) is 11.2. The Kier molecular flexibility index (Phi) is 8.82. The molecule has 0 radical (unpaired) electrons. The quantitative estimate of drug-likeness (QED) is 0.128. The molecule has 0 fully saturated rings. The molecule has 3 nitrogen and oxygen atoms in total. The molecule has 196 valence electrons. The first-order chi connectivity index (χ1) is 19.1. The number of hydrogen-bond acceptors (Lipinski definition) is 5. The summed E-state index contributed by atoms with van der Waals surface area (Å²) in [5.41, 5.74) is 5.88. The molecule has 0 amide bonds. The Balaban J connectivity index is 1.36. The van der Waals surface area contributed by atoms with E-state index in [1.54, 1.807) is 18.7 Å². The van der Waals surface area contributed by atoms with Crippen LogP contribution >= 0.6 is 23.1 Å². The second kappa shape index (κ2) is 12.8. The Morgan fingerprint density at radius 3 is 2.36 bits per heavy atom. The fraction of sp³-hybridized carbons (Fsp3) is 0.147. The van der Waals surface area contributed by atoms with Gasteiger partial charge in [-0.15, -0.1) is 23.1 Å². The molecule has 0 aliphatic rings. The molecule has 0 N–H and O–H groups in total. The maximum absolute atomic E-state index is 11.6. The molecule has 39 heavy (non-hydrogen) atoms. The number of carbonyl (C=O) groups is 1. The lowest BCUT2D eigenvalue weighted by molar-refractivity contribution is -0.145. The molecule has 0 aliphatic heterocycles. The molecule has 0 unspecified atom stereocenters. The Morgan fingerprint density at radius 1 is 0.872 bits per heavy atom. The molecule has 4 aromatic carbocycles. The van der Waals surface area contributed by atoms with Crippen LogP contribution in [0, 0.1) is 6.92 Å². The van der Waals surface area contributed by atoms with Gasteiger partial charge in [-0.2, -0.15) is 0 Å². The molecule has 5 heteroatoms. The van der Waals surface area contributed by atoms with Crippen molar-refractivity contribution in [2.45, 2.75) is 18.7 Å². The highest BCUT2D eigenvalue weighted by atomic mass is 32.2. The molecule has 0 spiro atoms. The van der Waals surface area contributed by atoms with E-state index in [4.69, 9.17) is 9.47 Å². The van der Waals surface area contributed by atoms with Gasteiger partial charge in [0.25, 0.3) is 0 Å². The molecule has 5 aromatic rings. The SMILES string of the molecule is CCOC(=O)COc1ccc(SC/C=C(/c2ccc(-c3ccccc3)cc2)c2cc3ccccc3s2)cc1C. The van der Waals surface area contributed by atoms with E-state index in [0.717, 1.165) is 16.2 Å². The topological polar surface area (TPSA) is 35.5 Å². The number of carbonyl (C=O) groups excluding carboxylic acids is 1. The molecule has 0 aliphatic carbocycles. The average Bonchev–Trinajstić information content (AvgIpc) is 3.40. The number of aryl methyl sites for hydroxylation is 1. The summed E-state index contributed by atoms with van der Waals surface area (Å²) in [6.45, 7) is 4.06. The second-order valence-electron chi connectivity index (χ2n) is 9.04. The number of hydrogen-bond donors (Lipinski definition) is 0. The van der Waals surface area contributed by atoms with E-state index in [1.165, 1.54) is 37.2 Å². The van der Waals surface area contributed by atoms with Crippen molar-refractivity contribution in [1.82, 2.24) is 0 Å². The maximum atomic E-state index is 11.6. The van der Waals surface area contributed by atoms with Crippen LogP contribution < -0.4 is 4.74 Å². The maximum Gasteiger partial charge on any atom is 0.344 e. The first-order valence-corrected chi connectivity index (χ1v) is 14.8. The predicted molar refractivity (Wildman–Crippen MR) is 165 cm³/mol. The minimum atomic E-state index is -0.356. The number of thioether (sulfide) groups is 1. The van der Waals surface area contributed by atoms with E-state index in [9.17, 15) is 4.79 Å². The summed E-state index contributed by atoms with van der Waals surface area (Å²) < 4.78 is 11.9. The van der Waals surface area contributed by atoms with Crippen LogP contribution in [0.1, 0.15) is 22.9 Å².